The van der Waals surface area contributed by atoms with Gasteiger partial charge in [0.05, 0.1) is 0 Å². The molecule has 3 heteroatoms. The molecule has 13 heavy (non-hydrogen) atoms. The normalized spacial score (nSPS) is 18.6. The van der Waals surface area contributed by atoms with Gasteiger partial charge in [0.15, 0.2) is 0 Å². The van der Waals surface area contributed by atoms with Crippen LogP contribution in [0.1, 0.15) is 12.5 Å². The molecule has 0 saturated carbocycles. The molecule has 0 unspecified atom stereocenters. The van der Waals surface area contributed by atoms with Crippen LogP contribution in [0.5, 0.6) is 0 Å². The minimum absolute atomic E-state index is 0.875. The van der Waals surface area contributed by atoms with E-state index in [1.54, 1.807) is 0 Å². The first kappa shape index (κ1) is 9.16. The van der Waals surface area contributed by atoms with Crippen molar-refractivity contribution in [2.24, 2.45) is 5.92 Å². The molecule has 0 amide bonds. The molecule has 0 spiro atoms. The molecule has 70 valence electrons. The number of pyridine rings is 1. The third-order valence-electron chi connectivity index (χ3n) is 2.31. The minimum Gasteiger partial charge on any atom is -0.298 e. The van der Waals surface area contributed by atoms with Gasteiger partial charge < -0.3 is 0 Å². The molecule has 1 saturated heterocycles. The summed E-state index contributed by atoms with van der Waals surface area (Å²) in [4.78, 5) is 6.58. The van der Waals surface area contributed by atoms with E-state index in [0.29, 0.717) is 0 Å². The van der Waals surface area contributed by atoms with Gasteiger partial charge in [-0.3, -0.25) is 9.88 Å². The largest absolute Gasteiger partial charge is 0.298 e. The molecule has 0 aromatic carbocycles. The first-order valence-corrected chi connectivity index (χ1v) is 5.35. The molecular formula is C10H13BrN2. The van der Waals surface area contributed by atoms with E-state index in [1.165, 1.54) is 18.7 Å². The SMILES string of the molecule is CC1CN(Cc2cncc(Br)c2)C1. The van der Waals surface area contributed by atoms with Crippen LogP contribution >= 0.6 is 15.9 Å². The highest BCUT2D eigenvalue weighted by Crippen LogP contribution is 2.18. The second kappa shape index (κ2) is 3.76. The number of hydrogen-bond donors (Lipinski definition) is 0. The lowest BCUT2D eigenvalue weighted by atomic mass is 10.0. The fourth-order valence-electron chi connectivity index (χ4n) is 1.76. The monoisotopic (exact) mass is 240 g/mol. The number of aromatic nitrogens is 1. The maximum atomic E-state index is 4.14. The van der Waals surface area contributed by atoms with E-state index in [9.17, 15) is 0 Å². The Morgan fingerprint density at radius 3 is 2.92 bits per heavy atom. The highest BCUT2D eigenvalue weighted by atomic mass is 79.9. The Bertz CT molecular complexity index is 295. The molecule has 1 aromatic heterocycles. The van der Waals surface area contributed by atoms with Gasteiger partial charge in [0.25, 0.3) is 0 Å². The van der Waals surface area contributed by atoms with Gasteiger partial charge >= 0.3 is 0 Å². The van der Waals surface area contributed by atoms with Crippen molar-refractivity contribution in [1.29, 1.82) is 0 Å². The molecule has 1 fully saturated rings. The summed E-state index contributed by atoms with van der Waals surface area (Å²) in [6, 6.07) is 2.13. The average Bonchev–Trinajstić information content (AvgIpc) is 2.01. The predicted molar refractivity (Wildman–Crippen MR) is 56.4 cm³/mol. The molecule has 0 radical (unpaired) electrons. The first-order valence-electron chi connectivity index (χ1n) is 4.56. The smallest absolute Gasteiger partial charge is 0.0410 e. The van der Waals surface area contributed by atoms with Crippen molar-refractivity contribution >= 4 is 15.9 Å². The van der Waals surface area contributed by atoms with Crippen LogP contribution in [0, 0.1) is 5.92 Å². The Morgan fingerprint density at radius 1 is 1.54 bits per heavy atom. The summed E-state index contributed by atoms with van der Waals surface area (Å²) < 4.78 is 1.07. The van der Waals surface area contributed by atoms with Crippen molar-refractivity contribution in [2.45, 2.75) is 13.5 Å². The Labute approximate surface area is 87.1 Å². The maximum Gasteiger partial charge on any atom is 0.0410 e. The van der Waals surface area contributed by atoms with Crippen LogP contribution in [0.3, 0.4) is 0 Å². The molecule has 0 N–H and O–H groups in total. The predicted octanol–water partition coefficient (Wildman–Crippen LogP) is 2.30. The summed E-state index contributed by atoms with van der Waals surface area (Å²) >= 11 is 3.42. The molecule has 0 bridgehead atoms. The van der Waals surface area contributed by atoms with Crippen molar-refractivity contribution in [2.75, 3.05) is 13.1 Å². The lowest BCUT2D eigenvalue weighted by Gasteiger charge is -2.37. The topological polar surface area (TPSA) is 16.1 Å². The highest BCUT2D eigenvalue weighted by molar-refractivity contribution is 9.10. The highest BCUT2D eigenvalue weighted by Gasteiger charge is 2.21. The van der Waals surface area contributed by atoms with E-state index in [0.717, 1.165) is 16.9 Å². The first-order chi connectivity index (χ1) is 6.24. The van der Waals surface area contributed by atoms with E-state index >= 15 is 0 Å². The Balaban J connectivity index is 1.94. The zero-order valence-corrected chi connectivity index (χ0v) is 9.29. The van der Waals surface area contributed by atoms with Crippen LogP contribution in [0.2, 0.25) is 0 Å². The van der Waals surface area contributed by atoms with Gasteiger partial charge in [0, 0.05) is 36.5 Å². The fourth-order valence-corrected chi connectivity index (χ4v) is 2.17. The molecule has 1 aliphatic rings. The van der Waals surface area contributed by atoms with Gasteiger partial charge in [-0.15, -0.1) is 0 Å². The Morgan fingerprint density at radius 2 is 2.31 bits per heavy atom. The number of hydrogen-bond acceptors (Lipinski definition) is 2. The van der Waals surface area contributed by atoms with E-state index in [4.69, 9.17) is 0 Å². The lowest BCUT2D eigenvalue weighted by Crippen LogP contribution is -2.44. The van der Waals surface area contributed by atoms with Crippen molar-refractivity contribution in [3.8, 4) is 0 Å². The summed E-state index contributed by atoms with van der Waals surface area (Å²) in [5, 5.41) is 0. The Kier molecular flexibility index (Phi) is 2.65. The van der Waals surface area contributed by atoms with E-state index < -0.39 is 0 Å². The number of likely N-dealkylation sites (tertiary alicyclic amines) is 1. The van der Waals surface area contributed by atoms with Gasteiger partial charge in [-0.05, 0) is 33.5 Å². The van der Waals surface area contributed by atoms with Crippen molar-refractivity contribution in [3.05, 3.63) is 28.5 Å². The summed E-state index contributed by atoms with van der Waals surface area (Å²) in [6.45, 7) is 5.78. The van der Waals surface area contributed by atoms with Crippen LogP contribution in [0.4, 0.5) is 0 Å². The van der Waals surface area contributed by atoms with Crippen molar-refractivity contribution in [3.63, 3.8) is 0 Å². The third kappa shape index (κ3) is 2.29. The van der Waals surface area contributed by atoms with Crippen LogP contribution in [0.25, 0.3) is 0 Å². The number of nitrogens with zero attached hydrogens (tertiary/aromatic N) is 2. The van der Waals surface area contributed by atoms with Crippen LogP contribution in [-0.4, -0.2) is 23.0 Å². The molecule has 1 aromatic rings. The van der Waals surface area contributed by atoms with E-state index in [-0.39, 0.29) is 0 Å². The van der Waals surface area contributed by atoms with Crippen molar-refractivity contribution in [1.82, 2.24) is 9.88 Å². The molecular weight excluding hydrogens is 228 g/mol. The standard InChI is InChI=1S/C10H13BrN2/c1-8-5-13(6-8)7-9-2-10(11)4-12-3-9/h2-4,8H,5-7H2,1H3. The van der Waals surface area contributed by atoms with Gasteiger partial charge in [-0.1, -0.05) is 6.92 Å². The summed E-state index contributed by atoms with van der Waals surface area (Å²) in [7, 11) is 0. The molecule has 2 rings (SSSR count). The summed E-state index contributed by atoms with van der Waals surface area (Å²) in [6.07, 6.45) is 3.76. The van der Waals surface area contributed by atoms with E-state index in [2.05, 4.69) is 38.8 Å². The molecule has 1 aliphatic heterocycles. The second-order valence-electron chi connectivity index (χ2n) is 3.81. The van der Waals surface area contributed by atoms with Gasteiger partial charge in [0.2, 0.25) is 0 Å². The summed E-state index contributed by atoms with van der Waals surface area (Å²) in [5.41, 5.74) is 1.29. The van der Waals surface area contributed by atoms with Crippen LogP contribution in [0.15, 0.2) is 22.9 Å². The molecule has 2 nitrogen and oxygen atoms in total. The molecule has 0 atom stereocenters. The molecule has 2 heterocycles. The number of rotatable bonds is 2. The maximum absolute atomic E-state index is 4.14. The van der Waals surface area contributed by atoms with Gasteiger partial charge in [-0.2, -0.15) is 0 Å². The van der Waals surface area contributed by atoms with Crippen molar-refractivity contribution < 1.29 is 0 Å². The van der Waals surface area contributed by atoms with Gasteiger partial charge in [0.1, 0.15) is 0 Å². The lowest BCUT2D eigenvalue weighted by molar-refractivity contribution is 0.105. The zero-order valence-electron chi connectivity index (χ0n) is 7.70. The fraction of sp³-hybridized carbons (Fsp3) is 0.500. The second-order valence-corrected chi connectivity index (χ2v) is 4.73. The zero-order chi connectivity index (χ0) is 9.26. The number of halogens is 1. The van der Waals surface area contributed by atoms with Crippen LogP contribution in [-0.2, 0) is 6.54 Å². The molecule has 0 aliphatic carbocycles. The quantitative estimate of drug-likeness (QED) is 0.789. The Hall–Kier alpha value is -0.410. The third-order valence-corrected chi connectivity index (χ3v) is 2.74. The summed E-state index contributed by atoms with van der Waals surface area (Å²) in [5.74, 6) is 0.875. The minimum atomic E-state index is 0.875. The van der Waals surface area contributed by atoms with Gasteiger partial charge in [-0.25, -0.2) is 0 Å². The van der Waals surface area contributed by atoms with Crippen LogP contribution < -0.4 is 0 Å². The average molecular weight is 241 g/mol. The van der Waals surface area contributed by atoms with E-state index in [1.807, 2.05) is 12.4 Å².